The zero-order valence-electron chi connectivity index (χ0n) is 17.1. The molecular weight excluding hydrogens is 420 g/mol. The summed E-state index contributed by atoms with van der Waals surface area (Å²) in [6.45, 7) is 0. The third-order valence-corrected chi connectivity index (χ3v) is 5.00. The Bertz CT molecular complexity index is 1410. The normalized spacial score (nSPS) is 10.4. The summed E-state index contributed by atoms with van der Waals surface area (Å²) < 4.78 is 0. The third kappa shape index (κ3) is 4.24. The molecular formula is C25H16N4O4. The highest BCUT2D eigenvalue weighted by molar-refractivity contribution is 5.90. The number of carboxylic acids is 2. The first-order valence-corrected chi connectivity index (χ1v) is 9.73. The van der Waals surface area contributed by atoms with Crippen LogP contribution < -0.4 is 5.73 Å². The molecule has 0 aliphatic heterocycles. The van der Waals surface area contributed by atoms with Crippen LogP contribution in [0.5, 0.6) is 0 Å². The summed E-state index contributed by atoms with van der Waals surface area (Å²) in [4.78, 5) is 31.7. The van der Waals surface area contributed by atoms with E-state index in [-0.39, 0.29) is 16.8 Å². The molecule has 1 aromatic heterocycles. The monoisotopic (exact) mass is 436 g/mol. The molecule has 0 atom stereocenters. The number of carboxylic acid groups (broad SMARTS) is 2. The summed E-state index contributed by atoms with van der Waals surface area (Å²) >= 11 is 0. The lowest BCUT2D eigenvalue weighted by atomic mass is 10.0. The van der Waals surface area contributed by atoms with Crippen LogP contribution in [0.15, 0.2) is 72.8 Å². The first-order valence-electron chi connectivity index (χ1n) is 9.73. The van der Waals surface area contributed by atoms with Crippen LogP contribution in [0.3, 0.4) is 0 Å². The Morgan fingerprint density at radius 3 is 1.48 bits per heavy atom. The zero-order chi connectivity index (χ0) is 23.5. The number of carbonyl (C=O) groups is 2. The first kappa shape index (κ1) is 21.2. The molecule has 8 heteroatoms. The van der Waals surface area contributed by atoms with E-state index in [9.17, 15) is 20.0 Å². The first-order chi connectivity index (χ1) is 15.9. The second-order valence-corrected chi connectivity index (χ2v) is 7.12. The van der Waals surface area contributed by atoms with Gasteiger partial charge in [-0.2, -0.15) is 5.26 Å². The fourth-order valence-electron chi connectivity index (χ4n) is 3.30. The maximum atomic E-state index is 11.2. The molecule has 0 saturated heterocycles. The minimum absolute atomic E-state index is 0.0505. The van der Waals surface area contributed by atoms with Gasteiger partial charge in [0.2, 0.25) is 0 Å². The topological polar surface area (TPSA) is 150 Å². The van der Waals surface area contributed by atoms with Crippen molar-refractivity contribution in [2.75, 3.05) is 5.73 Å². The predicted molar refractivity (Wildman–Crippen MR) is 121 cm³/mol. The van der Waals surface area contributed by atoms with Crippen LogP contribution in [0.25, 0.3) is 33.8 Å². The summed E-state index contributed by atoms with van der Waals surface area (Å²) in [6.07, 6.45) is 0. The number of hydrogen-bond donors (Lipinski definition) is 3. The van der Waals surface area contributed by atoms with Crippen LogP contribution in [-0.2, 0) is 0 Å². The van der Waals surface area contributed by atoms with Gasteiger partial charge in [0, 0.05) is 22.4 Å². The van der Waals surface area contributed by atoms with Crippen LogP contribution in [0, 0.1) is 11.3 Å². The van der Waals surface area contributed by atoms with E-state index in [4.69, 9.17) is 15.8 Å². The largest absolute Gasteiger partial charge is 0.478 e. The van der Waals surface area contributed by atoms with Crippen molar-refractivity contribution in [1.29, 1.82) is 5.26 Å². The molecule has 160 valence electrons. The second kappa shape index (κ2) is 8.61. The summed E-state index contributed by atoms with van der Waals surface area (Å²) in [5, 5.41) is 28.1. The average Bonchev–Trinajstić information content (AvgIpc) is 2.84. The van der Waals surface area contributed by atoms with Crippen LogP contribution in [0.1, 0.15) is 26.4 Å². The Balaban J connectivity index is 1.94. The molecule has 0 aliphatic rings. The smallest absolute Gasteiger partial charge is 0.335 e. The van der Waals surface area contributed by atoms with E-state index in [0.29, 0.717) is 39.5 Å². The molecule has 8 nitrogen and oxygen atoms in total. The Morgan fingerprint density at radius 1 is 0.667 bits per heavy atom. The van der Waals surface area contributed by atoms with E-state index in [1.807, 2.05) is 0 Å². The molecule has 0 amide bonds. The Kier molecular flexibility index (Phi) is 5.53. The number of nitrogen functional groups attached to an aromatic ring is 1. The molecule has 33 heavy (non-hydrogen) atoms. The van der Waals surface area contributed by atoms with Crippen molar-refractivity contribution in [2.45, 2.75) is 0 Å². The van der Waals surface area contributed by atoms with Gasteiger partial charge in [0.1, 0.15) is 11.8 Å². The summed E-state index contributed by atoms with van der Waals surface area (Å²) in [5.74, 6) is -2.11. The maximum absolute atomic E-state index is 11.2. The average molecular weight is 436 g/mol. The van der Waals surface area contributed by atoms with E-state index in [0.717, 1.165) is 0 Å². The molecule has 0 saturated carbocycles. The summed E-state index contributed by atoms with van der Waals surface area (Å²) in [6, 6.07) is 21.2. The number of aromatic nitrogens is 2. The number of hydrogen-bond acceptors (Lipinski definition) is 6. The second-order valence-electron chi connectivity index (χ2n) is 7.12. The molecule has 0 radical (unpaired) electrons. The van der Waals surface area contributed by atoms with Gasteiger partial charge < -0.3 is 15.9 Å². The molecule has 0 fully saturated rings. The molecule has 4 N–H and O–H groups in total. The highest BCUT2D eigenvalue weighted by Crippen LogP contribution is 2.33. The van der Waals surface area contributed by atoms with Crippen molar-refractivity contribution in [3.8, 4) is 39.8 Å². The number of nitrogens with zero attached hydrogens (tertiary/aromatic N) is 3. The minimum Gasteiger partial charge on any atom is -0.478 e. The third-order valence-electron chi connectivity index (χ3n) is 5.00. The number of aromatic carboxylic acids is 2. The molecule has 0 spiro atoms. The van der Waals surface area contributed by atoms with Crippen LogP contribution in [0.4, 0.5) is 5.69 Å². The quantitative estimate of drug-likeness (QED) is 0.391. The van der Waals surface area contributed by atoms with E-state index in [2.05, 4.69) is 11.1 Å². The minimum atomic E-state index is -1.06. The van der Waals surface area contributed by atoms with E-state index in [1.165, 1.54) is 24.3 Å². The SMILES string of the molecule is N#Cc1nc(-c2ccc(C(=O)O)cc2)c(-c2ccc(N)cc2)nc1-c1ccc(C(=O)O)cc1. The standard InChI is InChI=1S/C25H16N4O4/c26-13-20-21(14-1-5-17(6-2-14)24(30)31)29-23(16-9-11-19(27)12-10-16)22(28-20)15-3-7-18(8-4-15)25(32)33/h1-12H,27H2,(H,30,31)(H,32,33). The van der Waals surface area contributed by atoms with Gasteiger partial charge in [0.25, 0.3) is 0 Å². The fourth-order valence-corrected chi connectivity index (χ4v) is 3.30. The van der Waals surface area contributed by atoms with Gasteiger partial charge in [0.15, 0.2) is 5.69 Å². The number of anilines is 1. The lowest BCUT2D eigenvalue weighted by Crippen LogP contribution is -2.02. The molecule has 0 unspecified atom stereocenters. The van der Waals surface area contributed by atoms with Gasteiger partial charge in [-0.15, -0.1) is 0 Å². The van der Waals surface area contributed by atoms with Crippen molar-refractivity contribution in [3.63, 3.8) is 0 Å². The van der Waals surface area contributed by atoms with Crippen molar-refractivity contribution in [1.82, 2.24) is 9.97 Å². The van der Waals surface area contributed by atoms with Gasteiger partial charge in [0.05, 0.1) is 22.5 Å². The van der Waals surface area contributed by atoms with Crippen LogP contribution in [0.2, 0.25) is 0 Å². The maximum Gasteiger partial charge on any atom is 0.335 e. The van der Waals surface area contributed by atoms with E-state index >= 15 is 0 Å². The van der Waals surface area contributed by atoms with Gasteiger partial charge >= 0.3 is 11.9 Å². The van der Waals surface area contributed by atoms with Gasteiger partial charge in [-0.05, 0) is 36.4 Å². The highest BCUT2D eigenvalue weighted by atomic mass is 16.4. The lowest BCUT2D eigenvalue weighted by Gasteiger charge is -2.13. The van der Waals surface area contributed by atoms with Crippen molar-refractivity contribution >= 4 is 17.6 Å². The Hall–Kier alpha value is -5.03. The zero-order valence-corrected chi connectivity index (χ0v) is 17.1. The molecule has 3 aromatic carbocycles. The number of nitrogens with two attached hydrogens (primary N) is 1. The van der Waals surface area contributed by atoms with Gasteiger partial charge in [-0.1, -0.05) is 36.4 Å². The highest BCUT2D eigenvalue weighted by Gasteiger charge is 2.19. The van der Waals surface area contributed by atoms with Crippen molar-refractivity contribution in [2.24, 2.45) is 0 Å². The lowest BCUT2D eigenvalue weighted by molar-refractivity contribution is 0.0686. The molecule has 0 aliphatic carbocycles. The Morgan fingerprint density at radius 2 is 1.06 bits per heavy atom. The summed E-state index contributed by atoms with van der Waals surface area (Å²) in [5.41, 5.74) is 9.66. The molecule has 0 bridgehead atoms. The molecule has 4 rings (SSSR count). The van der Waals surface area contributed by atoms with Gasteiger partial charge in [-0.3, -0.25) is 0 Å². The fraction of sp³-hybridized carbons (Fsp3) is 0. The number of nitriles is 1. The van der Waals surface area contributed by atoms with Crippen LogP contribution in [-0.4, -0.2) is 32.1 Å². The predicted octanol–water partition coefficient (Wildman–Crippen LogP) is 4.33. The van der Waals surface area contributed by atoms with E-state index < -0.39 is 11.9 Å². The molecule has 1 heterocycles. The number of rotatable bonds is 5. The van der Waals surface area contributed by atoms with Crippen molar-refractivity contribution < 1.29 is 19.8 Å². The summed E-state index contributed by atoms with van der Waals surface area (Å²) in [7, 11) is 0. The Labute approximate surface area is 188 Å². The van der Waals surface area contributed by atoms with Gasteiger partial charge in [-0.25, -0.2) is 19.6 Å². The number of benzene rings is 3. The molecule has 4 aromatic rings. The van der Waals surface area contributed by atoms with Crippen molar-refractivity contribution in [3.05, 3.63) is 89.6 Å². The van der Waals surface area contributed by atoms with Crippen LogP contribution >= 0.6 is 0 Å². The van der Waals surface area contributed by atoms with E-state index in [1.54, 1.807) is 48.5 Å².